The summed E-state index contributed by atoms with van der Waals surface area (Å²) < 4.78 is 29.1. The fourth-order valence-corrected chi connectivity index (χ4v) is 3.51. The fourth-order valence-electron chi connectivity index (χ4n) is 2.72. The largest absolute Gasteiger partial charge is 0.444 e. The number of amides is 2. The molecule has 0 radical (unpaired) electrons. The van der Waals surface area contributed by atoms with E-state index in [9.17, 15) is 14.0 Å². The number of anilines is 2. The Morgan fingerprint density at radius 2 is 2.06 bits per heavy atom. The second kappa shape index (κ2) is 14.0. The van der Waals surface area contributed by atoms with Gasteiger partial charge in [0.05, 0.1) is 10.2 Å². The zero-order valence-corrected chi connectivity index (χ0v) is 21.2. The lowest BCUT2D eigenvalue weighted by molar-refractivity contribution is -0.106. The summed E-state index contributed by atoms with van der Waals surface area (Å²) in [5.41, 5.74) is 1.26. The first-order valence-electron chi connectivity index (χ1n) is 10.3. The smallest absolute Gasteiger partial charge is 0.418 e. The number of hydrogen-bond acceptors (Lipinski definition) is 11. The summed E-state index contributed by atoms with van der Waals surface area (Å²) in [6.07, 6.45) is -0.120. The van der Waals surface area contributed by atoms with Crippen LogP contribution >= 0.6 is 28.1 Å². The molecule has 2 aromatic carbocycles. The first-order valence-corrected chi connectivity index (χ1v) is 11.9. The van der Waals surface area contributed by atoms with E-state index in [1.807, 2.05) is 30.3 Å². The molecular weight excluding hydrogens is 561 g/mol. The summed E-state index contributed by atoms with van der Waals surface area (Å²) >= 11 is 4.04. The molecule has 0 aliphatic rings. The highest BCUT2D eigenvalue weighted by molar-refractivity contribution is 9.10. The number of aromatic nitrogens is 2. The molecule has 1 heterocycles. The number of oxime groups is 1. The van der Waals surface area contributed by atoms with Crippen molar-refractivity contribution < 1.29 is 28.2 Å². The number of carbonyl (C=O) groups is 2. The van der Waals surface area contributed by atoms with Crippen LogP contribution < -0.4 is 19.7 Å². The van der Waals surface area contributed by atoms with Gasteiger partial charge in [0.15, 0.2) is 5.69 Å². The molecular formula is C21H21BrFN7O5S. The van der Waals surface area contributed by atoms with E-state index in [1.54, 1.807) is 0 Å². The molecule has 2 amide bonds. The minimum absolute atomic E-state index is 0.0417. The summed E-state index contributed by atoms with van der Waals surface area (Å²) in [5.74, 6) is -0.356. The Morgan fingerprint density at radius 1 is 1.25 bits per heavy atom. The summed E-state index contributed by atoms with van der Waals surface area (Å²) in [5, 5.41) is 14.4. The molecule has 0 aliphatic heterocycles. The Hall–Kier alpha value is -3.69. The lowest BCUT2D eigenvalue weighted by atomic mass is 10.2. The lowest BCUT2D eigenvalue weighted by Gasteiger charge is -2.18. The quantitative estimate of drug-likeness (QED) is 0.0726. The topological polar surface area (TPSA) is 143 Å². The first kappa shape index (κ1) is 26.9. The minimum Gasteiger partial charge on any atom is -0.444 e. The van der Waals surface area contributed by atoms with Crippen molar-refractivity contribution in [3.05, 3.63) is 70.1 Å². The number of nitrogens with zero attached hydrogens (tertiary/aromatic N) is 4. The van der Waals surface area contributed by atoms with Crippen LogP contribution in [0.4, 0.5) is 20.7 Å². The molecule has 0 saturated carbocycles. The van der Waals surface area contributed by atoms with E-state index >= 15 is 0 Å². The van der Waals surface area contributed by atoms with Gasteiger partial charge in [0.1, 0.15) is 19.5 Å². The van der Waals surface area contributed by atoms with E-state index < -0.39 is 11.9 Å². The van der Waals surface area contributed by atoms with Gasteiger partial charge in [0.25, 0.3) is 0 Å². The molecule has 12 nitrogen and oxygen atoms in total. The number of rotatable bonds is 12. The van der Waals surface area contributed by atoms with Gasteiger partial charge in [-0.2, -0.15) is 0 Å². The van der Waals surface area contributed by atoms with Crippen LogP contribution in [0.5, 0.6) is 0 Å². The Balaban J connectivity index is 1.50. The number of benzene rings is 2. The maximum Gasteiger partial charge on any atom is 0.418 e. The van der Waals surface area contributed by atoms with Crippen molar-refractivity contribution in [2.45, 2.75) is 6.61 Å². The van der Waals surface area contributed by atoms with Crippen LogP contribution in [0.3, 0.4) is 0 Å². The molecule has 0 unspecified atom stereocenters. The van der Waals surface area contributed by atoms with E-state index in [4.69, 9.17) is 14.2 Å². The van der Waals surface area contributed by atoms with Crippen molar-refractivity contribution in [1.29, 1.82) is 0 Å². The third-order valence-corrected chi connectivity index (χ3v) is 5.56. The van der Waals surface area contributed by atoms with E-state index in [0.717, 1.165) is 22.6 Å². The number of amidine groups is 1. The molecule has 3 N–H and O–H groups in total. The van der Waals surface area contributed by atoms with Crippen LogP contribution in [-0.2, 0) is 21.0 Å². The Kier molecular flexibility index (Phi) is 10.5. The number of hydrogen-bond donors (Lipinski definition) is 3. The maximum atomic E-state index is 13.6. The molecule has 3 rings (SSSR count). The normalized spacial score (nSPS) is 11.0. The van der Waals surface area contributed by atoms with E-state index in [-0.39, 0.29) is 28.4 Å². The standard InChI is InChI=1S/C21H21BrFN7O5S/c1-33-28-20(30(13-31)15-7-8-17(23)16(22)11-15)18-19(27-35-26-18)24-9-10-25-36-29-21(32)34-12-14-5-3-2-4-6-14/h2-8,11,13,25H,9-10,12H2,1H3,(H,24,27)(H,29,32)/b28-20-. The van der Waals surface area contributed by atoms with Crippen LogP contribution in [-0.4, -0.2) is 48.9 Å². The van der Waals surface area contributed by atoms with Crippen LogP contribution in [0.1, 0.15) is 11.3 Å². The summed E-state index contributed by atoms with van der Waals surface area (Å²) in [7, 11) is 1.29. The molecule has 190 valence electrons. The third-order valence-electron chi connectivity index (χ3n) is 4.33. The van der Waals surface area contributed by atoms with Crippen LogP contribution in [0.2, 0.25) is 0 Å². The van der Waals surface area contributed by atoms with Crippen molar-refractivity contribution in [3.63, 3.8) is 0 Å². The molecule has 0 fully saturated rings. The highest BCUT2D eigenvalue weighted by Crippen LogP contribution is 2.25. The Morgan fingerprint density at radius 3 is 2.78 bits per heavy atom. The number of nitrogens with one attached hydrogen (secondary N) is 3. The van der Waals surface area contributed by atoms with Crippen molar-refractivity contribution in [1.82, 2.24) is 19.8 Å². The van der Waals surface area contributed by atoms with Crippen LogP contribution in [0.25, 0.3) is 0 Å². The molecule has 0 spiro atoms. The van der Waals surface area contributed by atoms with Gasteiger partial charge in [-0.25, -0.2) is 18.5 Å². The molecule has 0 atom stereocenters. The molecule has 15 heteroatoms. The van der Waals surface area contributed by atoms with Crippen LogP contribution in [0.15, 0.2) is 62.8 Å². The molecule has 36 heavy (non-hydrogen) atoms. The SMILES string of the molecule is CO/N=C(/c1nonc1NCCNSNC(=O)OCc1ccccc1)N(C=O)c1ccc(F)c(Br)c1. The highest BCUT2D eigenvalue weighted by Gasteiger charge is 2.25. The summed E-state index contributed by atoms with van der Waals surface area (Å²) in [4.78, 5) is 29.6. The van der Waals surface area contributed by atoms with Gasteiger partial charge in [-0.15, -0.1) is 0 Å². The van der Waals surface area contributed by atoms with Crippen molar-refractivity contribution in [3.8, 4) is 0 Å². The third kappa shape index (κ3) is 7.66. The Labute approximate surface area is 217 Å². The predicted molar refractivity (Wildman–Crippen MR) is 134 cm³/mol. The second-order valence-corrected chi connectivity index (χ2v) is 8.27. The molecule has 1 aromatic heterocycles. The van der Waals surface area contributed by atoms with Gasteiger partial charge in [-0.05, 0) is 50.0 Å². The van der Waals surface area contributed by atoms with Gasteiger partial charge in [0.2, 0.25) is 18.1 Å². The van der Waals surface area contributed by atoms with Crippen LogP contribution in [0, 0.1) is 5.82 Å². The van der Waals surface area contributed by atoms with Crippen molar-refractivity contribution >= 4 is 57.9 Å². The van der Waals surface area contributed by atoms with Gasteiger partial charge in [-0.1, -0.05) is 35.5 Å². The summed E-state index contributed by atoms with van der Waals surface area (Å²) in [6, 6.07) is 13.3. The highest BCUT2D eigenvalue weighted by atomic mass is 79.9. The van der Waals surface area contributed by atoms with E-state index in [2.05, 4.69) is 46.2 Å². The number of halogens is 2. The minimum atomic E-state index is -0.589. The number of ether oxygens (including phenoxy) is 1. The average molecular weight is 582 g/mol. The van der Waals surface area contributed by atoms with Gasteiger partial charge >= 0.3 is 6.09 Å². The van der Waals surface area contributed by atoms with Gasteiger partial charge in [0, 0.05) is 25.2 Å². The van der Waals surface area contributed by atoms with Gasteiger partial charge < -0.3 is 14.9 Å². The zero-order valence-electron chi connectivity index (χ0n) is 18.8. The zero-order chi connectivity index (χ0) is 25.8. The monoisotopic (exact) mass is 581 g/mol. The molecule has 3 aromatic rings. The fraction of sp³-hybridized carbons (Fsp3) is 0.190. The summed E-state index contributed by atoms with van der Waals surface area (Å²) in [6.45, 7) is 0.877. The predicted octanol–water partition coefficient (Wildman–Crippen LogP) is 3.43. The molecule has 0 aliphatic carbocycles. The van der Waals surface area contributed by atoms with Crippen molar-refractivity contribution in [2.75, 3.05) is 30.4 Å². The molecule has 0 saturated heterocycles. The number of carbonyl (C=O) groups excluding carboxylic acids is 2. The molecule has 0 bridgehead atoms. The first-order chi connectivity index (χ1) is 17.5. The van der Waals surface area contributed by atoms with E-state index in [1.165, 1.54) is 25.3 Å². The van der Waals surface area contributed by atoms with Crippen molar-refractivity contribution in [2.24, 2.45) is 5.16 Å². The van der Waals surface area contributed by atoms with Gasteiger partial charge in [-0.3, -0.25) is 14.4 Å². The maximum absolute atomic E-state index is 13.6. The Bertz CT molecular complexity index is 1180. The van der Waals surface area contributed by atoms with E-state index in [0.29, 0.717) is 25.2 Å². The average Bonchev–Trinajstić information content (AvgIpc) is 3.35. The lowest BCUT2D eigenvalue weighted by Crippen LogP contribution is -2.32. The second-order valence-electron chi connectivity index (χ2n) is 6.72.